The third-order valence-corrected chi connectivity index (χ3v) is 10.8. The van der Waals surface area contributed by atoms with Gasteiger partial charge in [-0.25, -0.2) is 23.0 Å². The van der Waals surface area contributed by atoms with Gasteiger partial charge in [-0.3, -0.25) is 14.2 Å². The van der Waals surface area contributed by atoms with Crippen molar-refractivity contribution in [2.45, 2.75) is 61.7 Å². The van der Waals surface area contributed by atoms with Crippen LogP contribution >= 0.6 is 11.6 Å². The highest BCUT2D eigenvalue weighted by molar-refractivity contribution is 7.91. The van der Waals surface area contributed by atoms with Gasteiger partial charge in [0.05, 0.1) is 29.1 Å². The highest BCUT2D eigenvalue weighted by Gasteiger charge is 2.40. The summed E-state index contributed by atoms with van der Waals surface area (Å²) in [6.07, 6.45) is 1.41. The van der Waals surface area contributed by atoms with Crippen LogP contribution in [0.1, 0.15) is 37.2 Å². The van der Waals surface area contributed by atoms with Crippen LogP contribution in [0, 0.1) is 0 Å². The first-order valence-corrected chi connectivity index (χ1v) is 16.7. The van der Waals surface area contributed by atoms with Crippen LogP contribution in [0.15, 0.2) is 47.5 Å². The van der Waals surface area contributed by atoms with Gasteiger partial charge in [-0.1, -0.05) is 23.7 Å². The molecule has 0 aliphatic carbocycles. The number of sulfone groups is 1. The summed E-state index contributed by atoms with van der Waals surface area (Å²) >= 11 is 6.01. The Morgan fingerprint density at radius 1 is 1.04 bits per heavy atom. The van der Waals surface area contributed by atoms with E-state index in [1.807, 2.05) is 0 Å². The summed E-state index contributed by atoms with van der Waals surface area (Å²) in [7, 11) is -3.98. The largest absolute Gasteiger partial charge is 0.480 e. The number of benzene rings is 2. The van der Waals surface area contributed by atoms with Crippen molar-refractivity contribution in [1.29, 1.82) is 0 Å². The lowest BCUT2D eigenvalue weighted by atomic mass is 10.0. The number of piperidine rings is 1. The van der Waals surface area contributed by atoms with Crippen molar-refractivity contribution in [2.75, 3.05) is 25.4 Å². The quantitative estimate of drug-likeness (QED) is 0.349. The summed E-state index contributed by atoms with van der Waals surface area (Å²) in [4.78, 5) is 59.4. The van der Waals surface area contributed by atoms with Crippen molar-refractivity contribution in [1.82, 2.24) is 24.3 Å². The second-order valence-electron chi connectivity index (χ2n) is 11.7. The third kappa shape index (κ3) is 6.01. The van der Waals surface area contributed by atoms with Gasteiger partial charge in [0.1, 0.15) is 18.0 Å². The molecule has 0 bridgehead atoms. The zero-order valence-corrected chi connectivity index (χ0v) is 25.8. The van der Waals surface area contributed by atoms with Gasteiger partial charge in [0.2, 0.25) is 5.91 Å². The van der Waals surface area contributed by atoms with Gasteiger partial charge in [-0.2, -0.15) is 0 Å². The first-order valence-electron chi connectivity index (χ1n) is 14.7. The Morgan fingerprint density at radius 2 is 1.76 bits per heavy atom. The standard InChI is InChI=1S/C30H32ClN5O8S/c31-20-5-3-19-13-23(6-4-18(19)12-20)45(43,44)17-25(37)28(39)33-10-7-21(8-11-33)35-16-22-15-32-26(36(22)30(35)42)14-24(29(40)41)34-9-1-2-27(34)38/h3-6,12-13,15,21,24-25,37H,1-2,7-11,14,16-17H2,(H,40,41)/t24?,25-/m1/s1. The van der Waals surface area contributed by atoms with E-state index < -0.39 is 39.6 Å². The van der Waals surface area contributed by atoms with Crippen molar-refractivity contribution < 1.29 is 37.8 Å². The Labute approximate surface area is 263 Å². The average molecular weight is 658 g/mol. The maximum absolute atomic E-state index is 13.5. The molecule has 2 N–H and O–H groups in total. The second-order valence-corrected chi connectivity index (χ2v) is 14.1. The SMILES string of the molecule is O=C(O)C(Cc1ncc2n1C(=O)N(C1CCN(C(=O)[C@H](O)CS(=O)(=O)c3ccc4cc(Cl)ccc4c3)CC1)C2)N1CCCC1=O. The molecule has 2 aromatic carbocycles. The molecule has 0 spiro atoms. The van der Waals surface area contributed by atoms with E-state index in [1.165, 1.54) is 32.7 Å². The van der Waals surface area contributed by atoms with Crippen molar-refractivity contribution in [3.8, 4) is 0 Å². The molecule has 238 valence electrons. The van der Waals surface area contributed by atoms with Crippen molar-refractivity contribution in [2.24, 2.45) is 0 Å². The van der Waals surface area contributed by atoms with E-state index in [9.17, 15) is 37.8 Å². The van der Waals surface area contributed by atoms with Gasteiger partial charge in [0.25, 0.3) is 5.91 Å². The molecule has 3 aliphatic rings. The number of carboxylic acid groups (broad SMARTS) is 1. The number of aliphatic hydroxyl groups excluding tert-OH is 1. The number of aliphatic carboxylic acids is 1. The molecule has 3 aliphatic heterocycles. The number of nitrogens with zero attached hydrogens (tertiary/aromatic N) is 5. The number of aromatic nitrogens is 2. The van der Waals surface area contributed by atoms with Gasteiger partial charge < -0.3 is 24.9 Å². The first-order chi connectivity index (χ1) is 21.4. The number of hydrogen-bond acceptors (Lipinski definition) is 8. The van der Waals surface area contributed by atoms with Gasteiger partial charge in [0.15, 0.2) is 9.84 Å². The van der Waals surface area contributed by atoms with Crippen molar-refractivity contribution in [3.63, 3.8) is 0 Å². The number of carbonyl (C=O) groups is 4. The number of halogens is 1. The van der Waals surface area contributed by atoms with Crippen LogP contribution in [-0.2, 0) is 37.2 Å². The molecular formula is C30H32ClN5O8S. The Bertz CT molecular complexity index is 1800. The van der Waals surface area contributed by atoms with E-state index in [4.69, 9.17) is 11.6 Å². The summed E-state index contributed by atoms with van der Waals surface area (Å²) in [6, 6.07) is 7.92. The van der Waals surface area contributed by atoms with E-state index >= 15 is 0 Å². The maximum atomic E-state index is 13.5. The van der Waals surface area contributed by atoms with Gasteiger partial charge in [-0.05, 0) is 54.3 Å². The number of carbonyl (C=O) groups excluding carboxylic acids is 3. The molecule has 2 atom stereocenters. The van der Waals surface area contributed by atoms with Crippen LogP contribution in [-0.4, -0.2) is 110 Å². The summed E-state index contributed by atoms with van der Waals surface area (Å²) in [5, 5.41) is 22.4. The number of imidazole rings is 1. The van der Waals surface area contributed by atoms with Crippen LogP contribution in [0.3, 0.4) is 0 Å². The highest BCUT2D eigenvalue weighted by Crippen LogP contribution is 2.28. The molecule has 13 nitrogen and oxygen atoms in total. The lowest BCUT2D eigenvalue weighted by molar-refractivity contribution is -0.148. The Kier molecular flexibility index (Phi) is 8.31. The van der Waals surface area contributed by atoms with Gasteiger partial charge in [0, 0.05) is 43.5 Å². The number of fused-ring (bicyclic) bond motifs is 2. The molecule has 1 unspecified atom stereocenters. The maximum Gasteiger partial charge on any atom is 0.330 e. The minimum absolute atomic E-state index is 0.00473. The Balaban J connectivity index is 1.06. The Morgan fingerprint density at radius 3 is 2.44 bits per heavy atom. The van der Waals surface area contributed by atoms with Gasteiger partial charge in [-0.15, -0.1) is 0 Å². The van der Waals surface area contributed by atoms with Crippen LogP contribution in [0.5, 0.6) is 0 Å². The predicted octanol–water partition coefficient (Wildman–Crippen LogP) is 1.92. The zero-order chi connectivity index (χ0) is 32.0. The van der Waals surface area contributed by atoms with E-state index in [2.05, 4.69) is 4.98 Å². The lowest BCUT2D eigenvalue weighted by Gasteiger charge is -2.37. The highest BCUT2D eigenvalue weighted by atomic mass is 35.5. The fraction of sp³-hybridized carbons (Fsp3) is 0.433. The average Bonchev–Trinajstić information content (AvgIpc) is 3.71. The molecule has 3 aromatic rings. The fourth-order valence-electron chi connectivity index (χ4n) is 6.45. The van der Waals surface area contributed by atoms with E-state index in [0.29, 0.717) is 48.3 Å². The molecule has 0 radical (unpaired) electrons. The number of rotatable bonds is 9. The summed E-state index contributed by atoms with van der Waals surface area (Å²) in [5.41, 5.74) is 0.614. The smallest absolute Gasteiger partial charge is 0.330 e. The van der Waals surface area contributed by atoms with Crippen LogP contribution in [0.4, 0.5) is 4.79 Å². The van der Waals surface area contributed by atoms with Crippen molar-refractivity contribution in [3.05, 3.63) is 59.1 Å². The van der Waals surface area contributed by atoms with Crippen LogP contribution in [0.25, 0.3) is 10.8 Å². The monoisotopic (exact) mass is 657 g/mol. The molecule has 2 saturated heterocycles. The summed E-state index contributed by atoms with van der Waals surface area (Å²) in [5.74, 6) is -2.56. The minimum Gasteiger partial charge on any atom is -0.480 e. The first kappa shape index (κ1) is 31.0. The molecule has 6 rings (SSSR count). The normalized spacial score (nSPS) is 18.9. The van der Waals surface area contributed by atoms with E-state index in [0.717, 1.165) is 5.39 Å². The molecule has 4 heterocycles. The summed E-state index contributed by atoms with van der Waals surface area (Å²) in [6.45, 7) is 1.06. The third-order valence-electron chi connectivity index (χ3n) is 8.84. The van der Waals surface area contributed by atoms with Gasteiger partial charge >= 0.3 is 12.0 Å². The Hall–Kier alpha value is -4.01. The van der Waals surface area contributed by atoms with E-state index in [1.54, 1.807) is 29.2 Å². The topological polar surface area (TPSA) is 170 Å². The summed E-state index contributed by atoms with van der Waals surface area (Å²) < 4.78 is 27.5. The molecule has 0 saturated carbocycles. The number of carboxylic acids is 1. The number of hydrogen-bond donors (Lipinski definition) is 2. The zero-order valence-electron chi connectivity index (χ0n) is 24.2. The number of likely N-dealkylation sites (tertiary alicyclic amines) is 2. The lowest BCUT2D eigenvalue weighted by Crippen LogP contribution is -2.50. The van der Waals surface area contributed by atoms with Crippen molar-refractivity contribution >= 4 is 56.0 Å². The van der Waals surface area contributed by atoms with E-state index in [-0.39, 0.29) is 54.8 Å². The molecule has 2 fully saturated rings. The second kappa shape index (κ2) is 12.1. The fourth-order valence-corrected chi connectivity index (χ4v) is 7.96. The molecular weight excluding hydrogens is 626 g/mol. The predicted molar refractivity (Wildman–Crippen MR) is 161 cm³/mol. The molecule has 1 aromatic heterocycles. The molecule has 45 heavy (non-hydrogen) atoms. The molecule has 3 amide bonds. The minimum atomic E-state index is -3.98. The number of aliphatic hydroxyl groups is 1. The van der Waals surface area contributed by atoms with Crippen LogP contribution in [0.2, 0.25) is 5.02 Å². The van der Waals surface area contributed by atoms with Crippen LogP contribution < -0.4 is 0 Å². The molecule has 15 heteroatoms. The number of amides is 3.